The molecule has 0 aliphatic heterocycles. The van der Waals surface area contributed by atoms with Crippen molar-refractivity contribution in [3.05, 3.63) is 34.3 Å². The van der Waals surface area contributed by atoms with E-state index in [9.17, 15) is 0 Å². The van der Waals surface area contributed by atoms with E-state index >= 15 is 0 Å². The van der Waals surface area contributed by atoms with E-state index in [1.165, 1.54) is 5.56 Å². The molecule has 0 fully saturated rings. The Labute approximate surface area is 124 Å². The van der Waals surface area contributed by atoms with Gasteiger partial charge < -0.3 is 14.8 Å². The van der Waals surface area contributed by atoms with E-state index in [2.05, 4.69) is 45.5 Å². The number of hydrogen-bond donors (Lipinski definition) is 1. The van der Waals surface area contributed by atoms with E-state index in [1.54, 1.807) is 14.2 Å². The first-order chi connectivity index (χ1) is 9.27. The van der Waals surface area contributed by atoms with Crippen LogP contribution >= 0.6 is 15.9 Å². The summed E-state index contributed by atoms with van der Waals surface area (Å²) >= 11 is 3.54. The average Bonchev–Trinajstić information content (AvgIpc) is 2.41. The third kappa shape index (κ3) is 7.06. The number of nitrogens with one attached hydrogen (secondary N) is 1. The molecule has 4 heteroatoms. The van der Waals surface area contributed by atoms with Crippen LogP contribution < -0.4 is 5.32 Å². The molecule has 0 heterocycles. The van der Waals surface area contributed by atoms with Gasteiger partial charge in [-0.3, -0.25) is 0 Å². The Morgan fingerprint density at radius 2 is 2.00 bits per heavy atom. The Morgan fingerprint density at radius 1 is 1.21 bits per heavy atom. The van der Waals surface area contributed by atoms with Crippen LogP contribution in [-0.4, -0.2) is 40.5 Å². The highest BCUT2D eigenvalue weighted by molar-refractivity contribution is 9.10. The number of ether oxygens (including phenoxy) is 2. The van der Waals surface area contributed by atoms with Crippen LogP contribution in [0.2, 0.25) is 0 Å². The largest absolute Gasteiger partial charge is 0.385 e. The molecule has 0 aliphatic rings. The molecule has 0 bridgehead atoms. The molecule has 1 atom stereocenters. The van der Waals surface area contributed by atoms with E-state index in [0.717, 1.165) is 43.6 Å². The average molecular weight is 330 g/mol. The second-order valence-corrected chi connectivity index (χ2v) is 5.50. The summed E-state index contributed by atoms with van der Waals surface area (Å²) in [7, 11) is 3.48. The van der Waals surface area contributed by atoms with Crippen molar-refractivity contribution in [2.75, 3.05) is 40.5 Å². The zero-order chi connectivity index (χ0) is 13.9. The normalized spacial score (nSPS) is 12.6. The fourth-order valence-corrected chi connectivity index (χ4v) is 2.49. The van der Waals surface area contributed by atoms with Crippen molar-refractivity contribution < 1.29 is 9.47 Å². The highest BCUT2D eigenvalue weighted by Gasteiger charge is 2.11. The highest BCUT2D eigenvalue weighted by Crippen LogP contribution is 2.23. The minimum atomic E-state index is 0.518. The van der Waals surface area contributed by atoms with Gasteiger partial charge in [0.2, 0.25) is 0 Å². The zero-order valence-corrected chi connectivity index (χ0v) is 13.4. The SMILES string of the molecule is COCCCC(CNCCOC)c1cccc(Br)c1. The maximum Gasteiger partial charge on any atom is 0.0587 e. The minimum Gasteiger partial charge on any atom is -0.385 e. The molecule has 0 amide bonds. The molecule has 1 unspecified atom stereocenters. The first-order valence-electron chi connectivity index (χ1n) is 6.72. The predicted octanol–water partition coefficient (Wildman–Crippen LogP) is 3.20. The molecule has 0 radical (unpaired) electrons. The molecule has 0 saturated heterocycles. The van der Waals surface area contributed by atoms with E-state index < -0.39 is 0 Å². The molecule has 0 aromatic heterocycles. The topological polar surface area (TPSA) is 30.5 Å². The molecule has 1 aromatic carbocycles. The minimum absolute atomic E-state index is 0.518. The van der Waals surface area contributed by atoms with Crippen LogP contribution in [0.3, 0.4) is 0 Å². The van der Waals surface area contributed by atoms with Gasteiger partial charge in [0.15, 0.2) is 0 Å². The van der Waals surface area contributed by atoms with Gasteiger partial charge in [0.05, 0.1) is 6.61 Å². The molecule has 1 rings (SSSR count). The summed E-state index contributed by atoms with van der Waals surface area (Å²) in [5.41, 5.74) is 1.37. The van der Waals surface area contributed by atoms with Gasteiger partial charge in [-0.1, -0.05) is 28.1 Å². The molecule has 1 aromatic rings. The number of rotatable bonds is 10. The quantitative estimate of drug-likeness (QED) is 0.669. The van der Waals surface area contributed by atoms with Gasteiger partial charge in [-0.2, -0.15) is 0 Å². The summed E-state index contributed by atoms with van der Waals surface area (Å²) in [5, 5.41) is 3.45. The number of benzene rings is 1. The number of methoxy groups -OCH3 is 2. The molecule has 0 spiro atoms. The Balaban J connectivity index is 2.52. The van der Waals surface area contributed by atoms with E-state index in [1.807, 2.05) is 0 Å². The van der Waals surface area contributed by atoms with Gasteiger partial charge in [-0.15, -0.1) is 0 Å². The van der Waals surface area contributed by atoms with E-state index in [-0.39, 0.29) is 0 Å². The smallest absolute Gasteiger partial charge is 0.0587 e. The lowest BCUT2D eigenvalue weighted by Gasteiger charge is -2.18. The van der Waals surface area contributed by atoms with E-state index in [4.69, 9.17) is 9.47 Å². The van der Waals surface area contributed by atoms with E-state index in [0.29, 0.717) is 5.92 Å². The molecular weight excluding hydrogens is 306 g/mol. The van der Waals surface area contributed by atoms with Gasteiger partial charge >= 0.3 is 0 Å². The van der Waals surface area contributed by atoms with Gasteiger partial charge in [-0.25, -0.2) is 0 Å². The predicted molar refractivity (Wildman–Crippen MR) is 82.7 cm³/mol. The lowest BCUT2D eigenvalue weighted by atomic mass is 9.94. The summed E-state index contributed by atoms with van der Waals surface area (Å²) in [5.74, 6) is 0.518. The molecule has 108 valence electrons. The van der Waals surface area contributed by atoms with Gasteiger partial charge in [-0.05, 0) is 36.5 Å². The summed E-state index contributed by atoms with van der Waals surface area (Å²) in [4.78, 5) is 0. The van der Waals surface area contributed by atoms with Crippen molar-refractivity contribution >= 4 is 15.9 Å². The monoisotopic (exact) mass is 329 g/mol. The molecule has 3 nitrogen and oxygen atoms in total. The fourth-order valence-electron chi connectivity index (χ4n) is 2.07. The van der Waals surface area contributed by atoms with Crippen LogP contribution in [0, 0.1) is 0 Å². The first kappa shape index (κ1) is 16.6. The Bertz CT molecular complexity index is 347. The molecular formula is C15H24BrNO2. The van der Waals surface area contributed by atoms with Crippen LogP contribution in [0.5, 0.6) is 0 Å². The Hall–Kier alpha value is -0.420. The fraction of sp³-hybridized carbons (Fsp3) is 0.600. The van der Waals surface area contributed by atoms with Gasteiger partial charge in [0.1, 0.15) is 0 Å². The maximum atomic E-state index is 5.15. The highest BCUT2D eigenvalue weighted by atomic mass is 79.9. The second kappa shape index (κ2) is 10.4. The maximum absolute atomic E-state index is 5.15. The van der Waals surface area contributed by atoms with Crippen LogP contribution in [-0.2, 0) is 9.47 Å². The summed E-state index contributed by atoms with van der Waals surface area (Å²) in [6.45, 7) is 3.45. The Kier molecular flexibility index (Phi) is 9.08. The van der Waals surface area contributed by atoms with Gasteiger partial charge in [0, 0.05) is 38.4 Å². The standard InChI is InChI=1S/C15H24BrNO2/c1-18-9-4-6-14(12-17-8-10-19-2)13-5-3-7-15(16)11-13/h3,5,7,11,14,17H,4,6,8-10,12H2,1-2H3. The van der Waals surface area contributed by atoms with Crippen molar-refractivity contribution in [1.29, 1.82) is 0 Å². The molecule has 1 N–H and O–H groups in total. The third-order valence-electron chi connectivity index (χ3n) is 3.09. The second-order valence-electron chi connectivity index (χ2n) is 4.58. The van der Waals surface area contributed by atoms with Crippen molar-refractivity contribution in [3.8, 4) is 0 Å². The van der Waals surface area contributed by atoms with Gasteiger partial charge in [0.25, 0.3) is 0 Å². The van der Waals surface area contributed by atoms with Crippen LogP contribution in [0.4, 0.5) is 0 Å². The van der Waals surface area contributed by atoms with Crippen molar-refractivity contribution in [1.82, 2.24) is 5.32 Å². The van der Waals surface area contributed by atoms with Crippen LogP contribution in [0.25, 0.3) is 0 Å². The molecule has 0 aliphatic carbocycles. The summed E-state index contributed by atoms with van der Waals surface area (Å²) in [6, 6.07) is 8.56. The number of hydrogen-bond acceptors (Lipinski definition) is 3. The van der Waals surface area contributed by atoms with Crippen LogP contribution in [0.15, 0.2) is 28.7 Å². The zero-order valence-electron chi connectivity index (χ0n) is 11.8. The van der Waals surface area contributed by atoms with Crippen LogP contribution in [0.1, 0.15) is 24.3 Å². The third-order valence-corrected chi connectivity index (χ3v) is 3.59. The lowest BCUT2D eigenvalue weighted by Crippen LogP contribution is -2.25. The lowest BCUT2D eigenvalue weighted by molar-refractivity contribution is 0.188. The number of halogens is 1. The van der Waals surface area contributed by atoms with Crippen molar-refractivity contribution in [2.45, 2.75) is 18.8 Å². The van der Waals surface area contributed by atoms with Crippen molar-refractivity contribution in [2.24, 2.45) is 0 Å². The summed E-state index contributed by atoms with van der Waals surface area (Å²) < 4.78 is 11.3. The molecule has 19 heavy (non-hydrogen) atoms. The Morgan fingerprint density at radius 3 is 2.68 bits per heavy atom. The van der Waals surface area contributed by atoms with Crippen molar-refractivity contribution in [3.63, 3.8) is 0 Å². The first-order valence-corrected chi connectivity index (χ1v) is 7.51. The summed E-state index contributed by atoms with van der Waals surface area (Å²) in [6.07, 6.45) is 2.21. The molecule has 0 saturated carbocycles.